The molecule has 108 valence electrons. The highest BCUT2D eigenvalue weighted by Gasteiger charge is 2.23. The highest BCUT2D eigenvalue weighted by Crippen LogP contribution is 2.07. The van der Waals surface area contributed by atoms with Gasteiger partial charge in [0, 0.05) is 13.1 Å². The molecule has 0 saturated carbocycles. The molecule has 1 saturated heterocycles. The van der Waals surface area contributed by atoms with E-state index in [4.69, 9.17) is 0 Å². The maximum Gasteiger partial charge on any atom is 0.276 e. The first-order valence-corrected chi connectivity index (χ1v) is 6.78. The molecule has 0 bridgehead atoms. The summed E-state index contributed by atoms with van der Waals surface area (Å²) in [6.07, 6.45) is 2.17. The van der Waals surface area contributed by atoms with Crippen LogP contribution in [0.1, 0.15) is 16.9 Å². The Morgan fingerprint density at radius 1 is 1.24 bits per heavy atom. The first kappa shape index (κ1) is 13.3. The lowest BCUT2D eigenvalue weighted by atomic mass is 10.3. The molecule has 0 unspecified atom stereocenters. The SMILES string of the molecule is O=C1CN(C(=O)c2cnn(-c3ccccc3)n2)CCCN1. The second-order valence-electron chi connectivity index (χ2n) is 4.79. The molecule has 0 aliphatic carbocycles. The number of amides is 2. The van der Waals surface area contributed by atoms with Gasteiger partial charge in [0.1, 0.15) is 0 Å². The molecule has 21 heavy (non-hydrogen) atoms. The standard InChI is InChI=1S/C14H15N5O2/c20-13-10-18(8-4-7-15-13)14(21)12-9-16-19(17-12)11-5-2-1-3-6-11/h1-3,5-6,9H,4,7-8,10H2,(H,15,20). The molecule has 3 rings (SSSR count). The molecule has 0 radical (unpaired) electrons. The van der Waals surface area contributed by atoms with Crippen molar-refractivity contribution in [3.05, 3.63) is 42.2 Å². The lowest BCUT2D eigenvalue weighted by Crippen LogP contribution is -2.37. The van der Waals surface area contributed by atoms with Crippen molar-refractivity contribution in [1.82, 2.24) is 25.2 Å². The Kier molecular flexibility index (Phi) is 3.63. The first-order chi connectivity index (χ1) is 10.2. The summed E-state index contributed by atoms with van der Waals surface area (Å²) in [6.45, 7) is 1.20. The number of para-hydroxylation sites is 1. The Labute approximate surface area is 121 Å². The van der Waals surface area contributed by atoms with Crippen molar-refractivity contribution in [3.63, 3.8) is 0 Å². The van der Waals surface area contributed by atoms with Gasteiger partial charge < -0.3 is 10.2 Å². The van der Waals surface area contributed by atoms with Crippen LogP contribution >= 0.6 is 0 Å². The summed E-state index contributed by atoms with van der Waals surface area (Å²) < 4.78 is 0. The molecule has 1 aliphatic rings. The molecular weight excluding hydrogens is 270 g/mol. The van der Waals surface area contributed by atoms with Crippen molar-refractivity contribution in [1.29, 1.82) is 0 Å². The third kappa shape index (κ3) is 2.91. The predicted octanol–water partition coefficient (Wildman–Crippen LogP) is 0.229. The smallest absolute Gasteiger partial charge is 0.276 e. The number of nitrogens with one attached hydrogen (secondary N) is 1. The van der Waals surface area contributed by atoms with Crippen LogP contribution in [0.2, 0.25) is 0 Å². The van der Waals surface area contributed by atoms with Crippen LogP contribution in [-0.2, 0) is 4.79 Å². The van der Waals surface area contributed by atoms with E-state index in [0.29, 0.717) is 13.1 Å². The van der Waals surface area contributed by atoms with Gasteiger partial charge in [-0.1, -0.05) is 18.2 Å². The van der Waals surface area contributed by atoms with Gasteiger partial charge >= 0.3 is 0 Å². The fraction of sp³-hybridized carbons (Fsp3) is 0.286. The summed E-state index contributed by atoms with van der Waals surface area (Å²) in [7, 11) is 0. The molecule has 1 aromatic heterocycles. The van der Waals surface area contributed by atoms with Gasteiger partial charge in [-0.25, -0.2) is 0 Å². The van der Waals surface area contributed by atoms with Crippen molar-refractivity contribution in [2.24, 2.45) is 0 Å². The van der Waals surface area contributed by atoms with Gasteiger partial charge in [-0.2, -0.15) is 9.90 Å². The Hall–Kier alpha value is -2.70. The number of benzene rings is 1. The zero-order valence-electron chi connectivity index (χ0n) is 11.4. The molecule has 1 aromatic carbocycles. The van der Waals surface area contributed by atoms with Crippen molar-refractivity contribution >= 4 is 11.8 Å². The van der Waals surface area contributed by atoms with Gasteiger partial charge in [-0.05, 0) is 18.6 Å². The van der Waals surface area contributed by atoms with E-state index in [1.165, 1.54) is 15.9 Å². The third-order valence-electron chi connectivity index (χ3n) is 3.25. The van der Waals surface area contributed by atoms with E-state index in [9.17, 15) is 9.59 Å². The summed E-state index contributed by atoms with van der Waals surface area (Å²) in [5.74, 6) is -0.412. The van der Waals surface area contributed by atoms with Crippen LogP contribution in [-0.4, -0.2) is 51.3 Å². The minimum absolute atomic E-state index is 0.0665. The van der Waals surface area contributed by atoms with E-state index in [2.05, 4.69) is 15.5 Å². The van der Waals surface area contributed by atoms with Gasteiger partial charge in [-0.15, -0.1) is 5.10 Å². The molecule has 1 N–H and O–H groups in total. The zero-order chi connectivity index (χ0) is 14.7. The minimum Gasteiger partial charge on any atom is -0.354 e. The van der Waals surface area contributed by atoms with Crippen LogP contribution in [0.25, 0.3) is 5.69 Å². The maximum atomic E-state index is 12.4. The van der Waals surface area contributed by atoms with Crippen LogP contribution in [0.5, 0.6) is 0 Å². The fourth-order valence-corrected chi connectivity index (χ4v) is 2.19. The average molecular weight is 285 g/mol. The number of rotatable bonds is 2. The van der Waals surface area contributed by atoms with Crippen LogP contribution in [0, 0.1) is 0 Å². The number of hydrogen-bond donors (Lipinski definition) is 1. The molecule has 1 fully saturated rings. The Morgan fingerprint density at radius 3 is 2.86 bits per heavy atom. The molecule has 0 atom stereocenters. The second-order valence-corrected chi connectivity index (χ2v) is 4.79. The van der Waals surface area contributed by atoms with Crippen LogP contribution in [0.3, 0.4) is 0 Å². The predicted molar refractivity (Wildman–Crippen MR) is 74.9 cm³/mol. The minimum atomic E-state index is -0.269. The summed E-state index contributed by atoms with van der Waals surface area (Å²) in [5.41, 5.74) is 1.03. The van der Waals surface area contributed by atoms with E-state index >= 15 is 0 Å². The number of carbonyl (C=O) groups excluding carboxylic acids is 2. The largest absolute Gasteiger partial charge is 0.354 e. The van der Waals surface area contributed by atoms with Crippen molar-refractivity contribution in [2.75, 3.05) is 19.6 Å². The van der Waals surface area contributed by atoms with Crippen molar-refractivity contribution in [2.45, 2.75) is 6.42 Å². The number of nitrogens with zero attached hydrogens (tertiary/aromatic N) is 4. The van der Waals surface area contributed by atoms with Gasteiger partial charge in [0.05, 0.1) is 18.4 Å². The van der Waals surface area contributed by atoms with E-state index < -0.39 is 0 Å². The second kappa shape index (κ2) is 5.74. The van der Waals surface area contributed by atoms with Crippen LogP contribution < -0.4 is 5.32 Å². The summed E-state index contributed by atoms with van der Waals surface area (Å²) >= 11 is 0. The van der Waals surface area contributed by atoms with Crippen molar-refractivity contribution < 1.29 is 9.59 Å². The van der Waals surface area contributed by atoms with Gasteiger partial charge in [0.2, 0.25) is 5.91 Å². The van der Waals surface area contributed by atoms with Crippen LogP contribution in [0.4, 0.5) is 0 Å². The van der Waals surface area contributed by atoms with Gasteiger partial charge in [0.15, 0.2) is 5.69 Å². The quantitative estimate of drug-likeness (QED) is 0.856. The monoisotopic (exact) mass is 285 g/mol. The molecule has 2 amide bonds. The zero-order valence-corrected chi connectivity index (χ0v) is 11.4. The molecule has 2 heterocycles. The first-order valence-electron chi connectivity index (χ1n) is 6.78. The van der Waals surface area contributed by atoms with Crippen LogP contribution in [0.15, 0.2) is 36.5 Å². The summed E-state index contributed by atoms with van der Waals surface area (Å²) in [6, 6.07) is 9.36. The Morgan fingerprint density at radius 2 is 2.05 bits per heavy atom. The highest BCUT2D eigenvalue weighted by atomic mass is 16.2. The topological polar surface area (TPSA) is 80.1 Å². The van der Waals surface area contributed by atoms with E-state index in [1.807, 2.05) is 30.3 Å². The lowest BCUT2D eigenvalue weighted by Gasteiger charge is -2.17. The molecular formula is C14H15N5O2. The third-order valence-corrected chi connectivity index (χ3v) is 3.25. The summed E-state index contributed by atoms with van der Waals surface area (Å²) in [5, 5.41) is 11.0. The van der Waals surface area contributed by atoms with E-state index in [1.54, 1.807) is 0 Å². The Balaban J connectivity index is 1.79. The average Bonchev–Trinajstić information content (AvgIpc) is 2.90. The molecule has 7 heteroatoms. The van der Waals surface area contributed by atoms with E-state index in [-0.39, 0.29) is 24.1 Å². The number of carbonyl (C=O) groups is 2. The maximum absolute atomic E-state index is 12.4. The highest BCUT2D eigenvalue weighted by molar-refractivity contribution is 5.94. The van der Waals surface area contributed by atoms with Gasteiger partial charge in [-0.3, -0.25) is 9.59 Å². The number of aromatic nitrogens is 3. The molecule has 2 aromatic rings. The molecule has 0 spiro atoms. The molecule has 1 aliphatic heterocycles. The molecule has 7 nitrogen and oxygen atoms in total. The normalized spacial score (nSPS) is 15.4. The lowest BCUT2D eigenvalue weighted by molar-refractivity contribution is -0.121. The number of hydrogen-bond acceptors (Lipinski definition) is 4. The Bertz CT molecular complexity index is 652. The van der Waals surface area contributed by atoms with Gasteiger partial charge in [0.25, 0.3) is 5.91 Å². The summed E-state index contributed by atoms with van der Waals surface area (Å²) in [4.78, 5) is 26.8. The fourth-order valence-electron chi connectivity index (χ4n) is 2.19. The van der Waals surface area contributed by atoms with Crippen molar-refractivity contribution in [3.8, 4) is 5.69 Å². The van der Waals surface area contributed by atoms with E-state index in [0.717, 1.165) is 12.1 Å².